The highest BCUT2D eigenvalue weighted by atomic mass is 35.5. The van der Waals surface area contributed by atoms with Gasteiger partial charge in [-0.05, 0) is 147 Å². The van der Waals surface area contributed by atoms with E-state index in [1.54, 1.807) is 31.1 Å². The number of morpholine rings is 1. The molecule has 0 bridgehead atoms. The first-order valence-electron chi connectivity index (χ1n) is 28.7. The SMILES string of the molecule is COCCCNCCCCCCOc1ccc(C2c3[nH]c4ccc(Cl)cc4c3CCN2C(=O)OCCOC)cc1.COCCOC(=O)N1CCc2c([nH]c3ccc(Cl)cc23)C1c1ccc(OCCCCCCN2CCOCC2)cc1. The molecule has 2 aromatic heterocycles. The molecule has 1 saturated heterocycles. The van der Waals surface area contributed by atoms with Gasteiger partial charge in [0.15, 0.2) is 0 Å². The zero-order chi connectivity index (χ0) is 55.9. The number of hydrogen-bond acceptors (Lipinski definition) is 12. The molecule has 2 amide bonds. The fraction of sp³-hybridized carbons (Fsp3) is 0.516. The molecule has 0 saturated carbocycles. The van der Waals surface area contributed by atoms with Gasteiger partial charge in [0, 0.05) is 97.4 Å². The van der Waals surface area contributed by atoms with Gasteiger partial charge in [-0.25, -0.2) is 9.59 Å². The van der Waals surface area contributed by atoms with E-state index in [2.05, 4.69) is 20.2 Å². The number of unbranched alkanes of at least 4 members (excludes halogenated alkanes) is 6. The number of ether oxygens (including phenoxy) is 8. The second kappa shape index (κ2) is 32.2. The zero-order valence-electron chi connectivity index (χ0n) is 47.0. The minimum Gasteiger partial charge on any atom is -0.494 e. The summed E-state index contributed by atoms with van der Waals surface area (Å²) in [5.41, 5.74) is 8.39. The number of hydrogen-bond donors (Lipinski definition) is 3. The van der Waals surface area contributed by atoms with Gasteiger partial charge in [-0.15, -0.1) is 0 Å². The number of nitrogens with zero attached hydrogens (tertiary/aromatic N) is 3. The van der Waals surface area contributed by atoms with Crippen LogP contribution in [-0.4, -0.2) is 163 Å². The molecule has 0 spiro atoms. The standard InChI is InChI=1S/C31H40ClN3O5.C31H42ClN3O5/c1-37-20-21-40-31(36)35-14-12-26-27-22-24(32)8-11-28(27)33-29(26)30(35)23-6-9-25(10-7-23)39-17-5-3-2-4-13-34-15-18-38-19-16-34;1-37-18-7-16-33-15-5-3-4-6-19-39-25-11-8-23(9-12-25)30-29-26(27-22-24(32)10-13-28(27)34-29)14-17-35(30)31(36)40-21-20-38-2/h6-11,22,30,33H,2-5,12-21H2,1H3;8-13,22,30,33-34H,3-7,14-21H2,1-2H3. The third kappa shape index (κ3) is 17.0. The first-order chi connectivity index (χ1) is 39.3. The van der Waals surface area contributed by atoms with Crippen LogP contribution in [0.15, 0.2) is 84.9 Å². The molecule has 80 heavy (non-hydrogen) atoms. The van der Waals surface area contributed by atoms with Crippen molar-refractivity contribution in [2.45, 2.75) is 82.7 Å². The number of amides is 2. The molecule has 0 aliphatic carbocycles. The molecule has 3 N–H and O–H groups in total. The van der Waals surface area contributed by atoms with Gasteiger partial charge in [-0.1, -0.05) is 73.2 Å². The van der Waals surface area contributed by atoms with E-state index in [0.717, 1.165) is 153 Å². The lowest BCUT2D eigenvalue weighted by molar-refractivity contribution is 0.0371. The zero-order valence-corrected chi connectivity index (χ0v) is 48.5. The predicted molar refractivity (Wildman–Crippen MR) is 315 cm³/mol. The highest BCUT2D eigenvalue weighted by Gasteiger charge is 2.37. The molecule has 3 aliphatic rings. The highest BCUT2D eigenvalue weighted by Crippen LogP contribution is 2.42. The number of aromatic nitrogens is 2. The quantitative estimate of drug-likeness (QED) is 0.0400. The van der Waals surface area contributed by atoms with Gasteiger partial charge in [0.1, 0.15) is 36.8 Å². The van der Waals surface area contributed by atoms with Crippen molar-refractivity contribution in [2.24, 2.45) is 0 Å². The number of halogens is 2. The molecule has 0 radical (unpaired) electrons. The van der Waals surface area contributed by atoms with Crippen molar-refractivity contribution < 1.29 is 47.5 Å². The Hall–Kier alpha value is -5.56. The smallest absolute Gasteiger partial charge is 0.410 e. The van der Waals surface area contributed by atoms with Crippen molar-refractivity contribution in [1.29, 1.82) is 0 Å². The van der Waals surface area contributed by atoms with Gasteiger partial charge < -0.3 is 53.2 Å². The Bertz CT molecular complexity index is 2820. The number of nitrogens with one attached hydrogen (secondary N) is 3. The topological polar surface area (TPSA) is 161 Å². The van der Waals surface area contributed by atoms with Crippen LogP contribution in [0, 0.1) is 0 Å². The number of aromatic amines is 2. The third-order valence-electron chi connectivity index (χ3n) is 15.0. The minimum atomic E-state index is -0.352. The average Bonchev–Trinajstić information content (AvgIpc) is 3.99. The Kier molecular flexibility index (Phi) is 24.3. The number of fused-ring (bicyclic) bond motifs is 6. The largest absolute Gasteiger partial charge is 0.494 e. The molecule has 434 valence electrons. The summed E-state index contributed by atoms with van der Waals surface area (Å²) in [7, 11) is 4.92. The fourth-order valence-corrected chi connectivity index (χ4v) is 11.2. The van der Waals surface area contributed by atoms with E-state index in [4.69, 9.17) is 61.1 Å². The summed E-state index contributed by atoms with van der Waals surface area (Å²) in [5.74, 6) is 1.67. The van der Waals surface area contributed by atoms with Crippen LogP contribution in [0.25, 0.3) is 21.8 Å². The number of methoxy groups -OCH3 is 3. The van der Waals surface area contributed by atoms with Crippen LogP contribution < -0.4 is 14.8 Å². The summed E-state index contributed by atoms with van der Waals surface area (Å²) >= 11 is 12.6. The Morgan fingerprint density at radius 2 is 1.00 bits per heavy atom. The summed E-state index contributed by atoms with van der Waals surface area (Å²) in [6, 6.07) is 27.3. The maximum atomic E-state index is 13.1. The highest BCUT2D eigenvalue weighted by molar-refractivity contribution is 6.31. The Balaban J connectivity index is 0.000000210. The molecule has 9 rings (SSSR count). The summed E-state index contributed by atoms with van der Waals surface area (Å²) in [6.45, 7) is 11.5. The normalized spacial score (nSPS) is 16.3. The van der Waals surface area contributed by atoms with Crippen molar-refractivity contribution in [2.75, 3.05) is 127 Å². The first kappa shape index (κ1) is 60.5. The minimum absolute atomic E-state index is 0.214. The molecule has 18 heteroatoms. The lowest BCUT2D eigenvalue weighted by atomic mass is 9.92. The molecule has 1 fully saturated rings. The number of H-pyrrole nitrogens is 2. The van der Waals surface area contributed by atoms with Crippen LogP contribution in [0.4, 0.5) is 9.59 Å². The van der Waals surface area contributed by atoms with Gasteiger partial charge in [-0.2, -0.15) is 0 Å². The Morgan fingerprint density at radius 3 is 1.49 bits per heavy atom. The molecule has 16 nitrogen and oxygen atoms in total. The van der Waals surface area contributed by atoms with Gasteiger partial charge in [0.05, 0.1) is 39.6 Å². The lowest BCUT2D eigenvalue weighted by Crippen LogP contribution is -2.41. The van der Waals surface area contributed by atoms with Crippen molar-refractivity contribution in [3.63, 3.8) is 0 Å². The van der Waals surface area contributed by atoms with Crippen molar-refractivity contribution in [3.05, 3.63) is 129 Å². The molecule has 3 aliphatic heterocycles. The first-order valence-corrected chi connectivity index (χ1v) is 29.4. The number of rotatable bonds is 28. The van der Waals surface area contributed by atoms with E-state index in [-0.39, 0.29) is 37.5 Å². The molecule has 2 unspecified atom stereocenters. The van der Waals surface area contributed by atoms with Gasteiger partial charge in [0.2, 0.25) is 0 Å². The monoisotopic (exact) mass is 1140 g/mol. The molecule has 6 aromatic rings. The van der Waals surface area contributed by atoms with Crippen molar-refractivity contribution >= 4 is 57.2 Å². The molecule has 4 aromatic carbocycles. The van der Waals surface area contributed by atoms with Crippen LogP contribution in [0.1, 0.15) is 104 Å². The van der Waals surface area contributed by atoms with Crippen LogP contribution in [0.2, 0.25) is 10.0 Å². The molecule has 5 heterocycles. The van der Waals surface area contributed by atoms with Crippen molar-refractivity contribution in [3.8, 4) is 11.5 Å². The predicted octanol–water partition coefficient (Wildman–Crippen LogP) is 11.9. The van der Waals surface area contributed by atoms with E-state index >= 15 is 0 Å². The van der Waals surface area contributed by atoms with Crippen molar-refractivity contribution in [1.82, 2.24) is 30.0 Å². The maximum absolute atomic E-state index is 13.1. The van der Waals surface area contributed by atoms with E-state index < -0.39 is 0 Å². The van der Waals surface area contributed by atoms with Crippen LogP contribution >= 0.6 is 23.2 Å². The molecular weight excluding hydrogens is 1060 g/mol. The second-order valence-electron chi connectivity index (χ2n) is 20.5. The van der Waals surface area contributed by atoms with Gasteiger partial charge in [-0.3, -0.25) is 14.7 Å². The summed E-state index contributed by atoms with van der Waals surface area (Å²) < 4.78 is 43.7. The maximum Gasteiger partial charge on any atom is 0.410 e. The van der Waals surface area contributed by atoms with Crippen LogP contribution in [0.3, 0.4) is 0 Å². The number of benzene rings is 4. The van der Waals surface area contributed by atoms with Gasteiger partial charge in [0.25, 0.3) is 0 Å². The summed E-state index contributed by atoms with van der Waals surface area (Å²) in [4.78, 5) is 39.4. The average molecular weight is 1140 g/mol. The second-order valence-corrected chi connectivity index (χ2v) is 21.4. The number of carbonyl (C=O) groups is 2. The van der Waals surface area contributed by atoms with E-state index in [9.17, 15) is 9.59 Å². The molecular formula is C62H82Cl2N6O10. The third-order valence-corrected chi connectivity index (χ3v) is 15.5. The summed E-state index contributed by atoms with van der Waals surface area (Å²) in [6.07, 6.45) is 11.0. The van der Waals surface area contributed by atoms with E-state index in [1.807, 2.05) is 84.9 Å². The lowest BCUT2D eigenvalue weighted by Gasteiger charge is -2.35. The Morgan fingerprint density at radius 1 is 0.537 bits per heavy atom. The van der Waals surface area contributed by atoms with Crippen LogP contribution in [0.5, 0.6) is 11.5 Å². The molecule has 2 atom stereocenters. The summed E-state index contributed by atoms with van der Waals surface area (Å²) in [5, 5.41) is 7.05. The van der Waals surface area contributed by atoms with E-state index in [0.29, 0.717) is 49.6 Å². The van der Waals surface area contributed by atoms with Crippen LogP contribution in [-0.2, 0) is 41.3 Å². The Labute approximate surface area is 481 Å². The van der Waals surface area contributed by atoms with Gasteiger partial charge >= 0.3 is 12.2 Å². The fourth-order valence-electron chi connectivity index (χ4n) is 10.9. The van der Waals surface area contributed by atoms with E-state index in [1.165, 1.54) is 36.8 Å². The number of carbonyl (C=O) groups excluding carboxylic acids is 2.